The van der Waals surface area contributed by atoms with Crippen LogP contribution in [0.15, 0.2) is 61.2 Å². The van der Waals surface area contributed by atoms with E-state index in [9.17, 15) is 10.2 Å². The van der Waals surface area contributed by atoms with Crippen LogP contribution in [0.4, 0.5) is 0 Å². The van der Waals surface area contributed by atoms with Gasteiger partial charge >= 0.3 is 0 Å². The lowest BCUT2D eigenvalue weighted by atomic mass is 9.76. The Morgan fingerprint density at radius 2 is 1.17 bits per heavy atom. The molecule has 92 valence electrons. The number of phenols is 2. The lowest BCUT2D eigenvalue weighted by molar-refractivity contribution is 0.474. The predicted octanol–water partition coefficient (Wildman–Crippen LogP) is 3.59. The van der Waals surface area contributed by atoms with Crippen LogP contribution in [0.1, 0.15) is 18.1 Å². The van der Waals surface area contributed by atoms with Gasteiger partial charge in [-0.3, -0.25) is 0 Å². The molecular formula is C16H16O2. The number of allylic oxidation sites excluding steroid dienone is 1. The molecule has 0 radical (unpaired) electrons. The van der Waals surface area contributed by atoms with Gasteiger partial charge in [0.1, 0.15) is 11.5 Å². The second-order valence-electron chi connectivity index (χ2n) is 4.50. The molecule has 0 aliphatic rings. The second kappa shape index (κ2) is 4.57. The third kappa shape index (κ3) is 2.09. The van der Waals surface area contributed by atoms with Crippen molar-refractivity contribution in [1.29, 1.82) is 0 Å². The largest absolute Gasteiger partial charge is 0.508 e. The number of hydrogen-bond donors (Lipinski definition) is 2. The molecule has 0 atom stereocenters. The normalized spacial score (nSPS) is 11.2. The minimum Gasteiger partial charge on any atom is -0.508 e. The van der Waals surface area contributed by atoms with Crippen LogP contribution in [0.5, 0.6) is 11.5 Å². The Bertz CT molecular complexity index is 493. The third-order valence-corrected chi connectivity index (χ3v) is 3.34. The monoisotopic (exact) mass is 240 g/mol. The number of benzene rings is 2. The van der Waals surface area contributed by atoms with Gasteiger partial charge in [-0.2, -0.15) is 0 Å². The maximum absolute atomic E-state index is 9.34. The average Bonchev–Trinajstić information content (AvgIpc) is 2.39. The molecule has 0 saturated carbocycles. The highest BCUT2D eigenvalue weighted by Gasteiger charge is 2.25. The van der Waals surface area contributed by atoms with Crippen LogP contribution in [0.25, 0.3) is 0 Å². The highest BCUT2D eigenvalue weighted by molar-refractivity contribution is 5.45. The summed E-state index contributed by atoms with van der Waals surface area (Å²) < 4.78 is 0. The molecule has 2 aromatic carbocycles. The van der Waals surface area contributed by atoms with E-state index in [1.165, 1.54) is 0 Å². The topological polar surface area (TPSA) is 40.5 Å². The molecule has 0 bridgehead atoms. The molecule has 2 N–H and O–H groups in total. The Morgan fingerprint density at radius 1 is 0.833 bits per heavy atom. The van der Waals surface area contributed by atoms with Crippen LogP contribution >= 0.6 is 0 Å². The maximum atomic E-state index is 9.34. The quantitative estimate of drug-likeness (QED) is 0.805. The van der Waals surface area contributed by atoms with Crippen molar-refractivity contribution < 1.29 is 10.2 Å². The summed E-state index contributed by atoms with van der Waals surface area (Å²) in [5.74, 6) is 0.492. The molecule has 0 heterocycles. The lowest BCUT2D eigenvalue weighted by Crippen LogP contribution is -2.20. The SMILES string of the molecule is C=CC(C)(c1ccc(O)cc1)c1ccc(O)cc1. The minimum absolute atomic E-state index is 0.246. The van der Waals surface area contributed by atoms with Crippen LogP contribution in [0.2, 0.25) is 0 Å². The molecule has 0 spiro atoms. The highest BCUT2D eigenvalue weighted by Crippen LogP contribution is 2.34. The molecule has 0 amide bonds. The van der Waals surface area contributed by atoms with E-state index in [4.69, 9.17) is 0 Å². The van der Waals surface area contributed by atoms with Crippen molar-refractivity contribution in [3.63, 3.8) is 0 Å². The molecule has 0 saturated heterocycles. The molecule has 2 aromatic rings. The van der Waals surface area contributed by atoms with E-state index < -0.39 is 0 Å². The van der Waals surface area contributed by atoms with Gasteiger partial charge < -0.3 is 10.2 Å². The summed E-state index contributed by atoms with van der Waals surface area (Å²) in [5, 5.41) is 18.7. The Labute approximate surface area is 107 Å². The summed E-state index contributed by atoms with van der Waals surface area (Å²) in [5.41, 5.74) is 1.74. The van der Waals surface area contributed by atoms with Gasteiger partial charge in [-0.25, -0.2) is 0 Å². The van der Waals surface area contributed by atoms with Gasteiger partial charge in [0.05, 0.1) is 0 Å². The molecule has 0 aliphatic heterocycles. The van der Waals surface area contributed by atoms with E-state index in [0.29, 0.717) is 0 Å². The number of rotatable bonds is 3. The van der Waals surface area contributed by atoms with Crippen LogP contribution in [0, 0.1) is 0 Å². The highest BCUT2D eigenvalue weighted by atomic mass is 16.3. The first kappa shape index (κ1) is 12.2. The van der Waals surface area contributed by atoms with E-state index >= 15 is 0 Å². The third-order valence-electron chi connectivity index (χ3n) is 3.34. The zero-order chi connectivity index (χ0) is 13.2. The summed E-state index contributed by atoms with van der Waals surface area (Å²) in [7, 11) is 0. The predicted molar refractivity (Wildman–Crippen MR) is 72.9 cm³/mol. The molecule has 0 aromatic heterocycles. The van der Waals surface area contributed by atoms with Crippen molar-refractivity contribution >= 4 is 0 Å². The van der Waals surface area contributed by atoms with Crippen molar-refractivity contribution in [2.45, 2.75) is 12.3 Å². The summed E-state index contributed by atoms with van der Waals surface area (Å²) in [6.45, 7) is 5.96. The lowest BCUT2D eigenvalue weighted by Gasteiger charge is -2.27. The van der Waals surface area contributed by atoms with Crippen molar-refractivity contribution in [3.05, 3.63) is 72.3 Å². The summed E-state index contributed by atoms with van der Waals surface area (Å²) in [6, 6.07) is 14.2. The fourth-order valence-electron chi connectivity index (χ4n) is 2.02. The van der Waals surface area contributed by atoms with Crippen LogP contribution < -0.4 is 0 Å². The van der Waals surface area contributed by atoms with E-state index in [1.807, 2.05) is 30.3 Å². The molecule has 0 fully saturated rings. The van der Waals surface area contributed by atoms with Crippen molar-refractivity contribution in [3.8, 4) is 11.5 Å². The standard InChI is InChI=1S/C16H16O2/c1-3-16(2,12-4-8-14(17)9-5-12)13-6-10-15(18)11-7-13/h3-11,17-18H,1H2,2H3. The second-order valence-corrected chi connectivity index (χ2v) is 4.50. The molecule has 0 aliphatic carbocycles. The minimum atomic E-state index is -0.346. The molecule has 0 unspecified atom stereocenters. The zero-order valence-corrected chi connectivity index (χ0v) is 10.3. The number of phenolic OH excluding ortho intramolecular Hbond substituents is 2. The Kier molecular flexibility index (Phi) is 3.11. The van der Waals surface area contributed by atoms with Gasteiger partial charge in [0, 0.05) is 5.41 Å². The first-order chi connectivity index (χ1) is 8.56. The van der Waals surface area contributed by atoms with Crippen LogP contribution in [-0.4, -0.2) is 10.2 Å². The van der Waals surface area contributed by atoms with Gasteiger partial charge in [-0.1, -0.05) is 30.3 Å². The van der Waals surface area contributed by atoms with Crippen molar-refractivity contribution in [2.24, 2.45) is 0 Å². The van der Waals surface area contributed by atoms with E-state index in [1.54, 1.807) is 24.3 Å². The summed E-state index contributed by atoms with van der Waals surface area (Å²) >= 11 is 0. The van der Waals surface area contributed by atoms with E-state index in [0.717, 1.165) is 11.1 Å². The van der Waals surface area contributed by atoms with Gasteiger partial charge in [-0.05, 0) is 42.3 Å². The van der Waals surface area contributed by atoms with Gasteiger partial charge in [0.25, 0.3) is 0 Å². The van der Waals surface area contributed by atoms with Gasteiger partial charge in [-0.15, -0.1) is 6.58 Å². The molecule has 18 heavy (non-hydrogen) atoms. The molecule has 2 rings (SSSR count). The van der Waals surface area contributed by atoms with Crippen molar-refractivity contribution in [1.82, 2.24) is 0 Å². The van der Waals surface area contributed by atoms with E-state index in [-0.39, 0.29) is 16.9 Å². The number of aromatic hydroxyl groups is 2. The Morgan fingerprint density at radius 3 is 1.44 bits per heavy atom. The first-order valence-corrected chi connectivity index (χ1v) is 5.79. The first-order valence-electron chi connectivity index (χ1n) is 5.79. The fourth-order valence-corrected chi connectivity index (χ4v) is 2.02. The average molecular weight is 240 g/mol. The zero-order valence-electron chi connectivity index (χ0n) is 10.3. The Balaban J connectivity index is 2.50. The van der Waals surface area contributed by atoms with Crippen LogP contribution in [0.3, 0.4) is 0 Å². The fraction of sp³-hybridized carbons (Fsp3) is 0.125. The molecule has 2 nitrogen and oxygen atoms in total. The Hall–Kier alpha value is -2.22. The smallest absolute Gasteiger partial charge is 0.115 e. The van der Waals surface area contributed by atoms with Gasteiger partial charge in [0.15, 0.2) is 0 Å². The summed E-state index contributed by atoms with van der Waals surface area (Å²) in [6.07, 6.45) is 1.87. The molecular weight excluding hydrogens is 224 g/mol. The van der Waals surface area contributed by atoms with E-state index in [2.05, 4.69) is 13.5 Å². The van der Waals surface area contributed by atoms with Crippen LogP contribution in [-0.2, 0) is 5.41 Å². The maximum Gasteiger partial charge on any atom is 0.115 e. The molecule has 2 heteroatoms. The number of hydrogen-bond acceptors (Lipinski definition) is 2. The van der Waals surface area contributed by atoms with Gasteiger partial charge in [0.2, 0.25) is 0 Å². The van der Waals surface area contributed by atoms with Crippen molar-refractivity contribution in [2.75, 3.05) is 0 Å². The summed E-state index contributed by atoms with van der Waals surface area (Å²) in [4.78, 5) is 0.